The molecule has 0 radical (unpaired) electrons. The predicted octanol–water partition coefficient (Wildman–Crippen LogP) is 5.33. The minimum Gasteiger partial charge on any atom is -0.383 e. The van der Waals surface area contributed by atoms with Gasteiger partial charge in [0.15, 0.2) is 17.2 Å². The molecule has 12 nitrogen and oxygen atoms in total. The van der Waals surface area contributed by atoms with Crippen molar-refractivity contribution < 1.29 is 4.79 Å². The van der Waals surface area contributed by atoms with Gasteiger partial charge in [-0.25, -0.2) is 19.9 Å². The third-order valence-electron chi connectivity index (χ3n) is 7.42. The van der Waals surface area contributed by atoms with Crippen molar-refractivity contribution in [1.82, 2.24) is 34.8 Å². The van der Waals surface area contributed by atoms with E-state index in [4.69, 9.17) is 21.0 Å². The number of imidazole rings is 1. The van der Waals surface area contributed by atoms with Crippen molar-refractivity contribution >= 4 is 34.4 Å². The van der Waals surface area contributed by atoms with Crippen molar-refractivity contribution in [3.05, 3.63) is 103 Å². The Hall–Kier alpha value is -6.19. The number of fused-ring (bicyclic) bond motifs is 1. The van der Waals surface area contributed by atoms with Gasteiger partial charge in [-0.1, -0.05) is 24.3 Å². The van der Waals surface area contributed by atoms with Crippen molar-refractivity contribution in [2.24, 2.45) is 0 Å². The Morgan fingerprint density at radius 3 is 2.62 bits per heavy atom. The highest BCUT2D eigenvalue weighted by Crippen LogP contribution is 2.32. The molecule has 0 atom stereocenters. The SMILES string of the molecule is CC(=O)Nc1cccc(-c2ccc3nc(-c4cccnc4N)n(-c4ccc(CNCCCCNc5cncc(C#N)n5)cc4)c3n2)c1. The summed E-state index contributed by atoms with van der Waals surface area (Å²) in [5.74, 6) is 1.50. The largest absolute Gasteiger partial charge is 0.383 e. The number of nitrogen functional groups attached to an aromatic ring is 1. The number of nitrogens with one attached hydrogen (secondary N) is 3. The van der Waals surface area contributed by atoms with E-state index in [0.29, 0.717) is 40.1 Å². The molecule has 5 N–H and O–H groups in total. The van der Waals surface area contributed by atoms with E-state index in [1.54, 1.807) is 12.4 Å². The number of unbranched alkanes of at least 4 members (excludes halogenated alkanes) is 1. The molecule has 4 aromatic heterocycles. The summed E-state index contributed by atoms with van der Waals surface area (Å²) in [7, 11) is 0. The van der Waals surface area contributed by atoms with Gasteiger partial charge in [0.2, 0.25) is 5.91 Å². The third kappa shape index (κ3) is 7.38. The molecule has 0 saturated carbocycles. The summed E-state index contributed by atoms with van der Waals surface area (Å²) in [4.78, 5) is 34.1. The smallest absolute Gasteiger partial charge is 0.221 e. The summed E-state index contributed by atoms with van der Waals surface area (Å²) < 4.78 is 2.00. The summed E-state index contributed by atoms with van der Waals surface area (Å²) in [6.07, 6.45) is 6.65. The zero-order valence-corrected chi connectivity index (χ0v) is 25.8. The number of pyridine rings is 2. The molecular formula is C35H33N11O. The first-order chi connectivity index (χ1) is 23.0. The van der Waals surface area contributed by atoms with Gasteiger partial charge in [0.25, 0.3) is 0 Å². The van der Waals surface area contributed by atoms with Crippen LogP contribution >= 0.6 is 0 Å². The molecule has 47 heavy (non-hydrogen) atoms. The molecule has 12 heteroatoms. The molecule has 0 aliphatic heterocycles. The first-order valence-corrected chi connectivity index (χ1v) is 15.2. The monoisotopic (exact) mass is 623 g/mol. The number of nitriles is 1. The number of carbonyl (C=O) groups excluding carboxylic acids is 1. The number of benzene rings is 2. The van der Waals surface area contributed by atoms with Crippen LogP contribution in [0.1, 0.15) is 31.0 Å². The zero-order valence-electron chi connectivity index (χ0n) is 25.8. The van der Waals surface area contributed by atoms with Crippen molar-refractivity contribution in [1.29, 1.82) is 5.26 Å². The van der Waals surface area contributed by atoms with Crippen LogP contribution in [0.15, 0.2) is 91.4 Å². The van der Waals surface area contributed by atoms with Crippen LogP contribution in [0.3, 0.4) is 0 Å². The Balaban J connectivity index is 1.18. The number of carbonyl (C=O) groups is 1. The van der Waals surface area contributed by atoms with E-state index in [1.165, 1.54) is 13.1 Å². The number of rotatable bonds is 12. The van der Waals surface area contributed by atoms with E-state index in [-0.39, 0.29) is 5.91 Å². The van der Waals surface area contributed by atoms with Crippen molar-refractivity contribution in [2.75, 3.05) is 29.5 Å². The van der Waals surface area contributed by atoms with Crippen LogP contribution in [0.4, 0.5) is 17.3 Å². The molecule has 6 rings (SSSR count). The highest BCUT2D eigenvalue weighted by Gasteiger charge is 2.19. The van der Waals surface area contributed by atoms with Crippen LogP contribution in [0.5, 0.6) is 0 Å². The fourth-order valence-electron chi connectivity index (χ4n) is 5.20. The normalized spacial score (nSPS) is 10.9. The van der Waals surface area contributed by atoms with Gasteiger partial charge in [0, 0.05) is 43.1 Å². The van der Waals surface area contributed by atoms with Crippen LogP contribution in [0, 0.1) is 11.3 Å². The number of amides is 1. The topological polar surface area (TPSA) is 172 Å². The van der Waals surface area contributed by atoms with Crippen LogP contribution < -0.4 is 21.7 Å². The molecular weight excluding hydrogens is 590 g/mol. The lowest BCUT2D eigenvalue weighted by Crippen LogP contribution is -2.16. The molecule has 0 aliphatic carbocycles. The van der Waals surface area contributed by atoms with E-state index in [9.17, 15) is 4.79 Å². The maximum atomic E-state index is 11.6. The van der Waals surface area contributed by atoms with Gasteiger partial charge in [-0.3, -0.25) is 14.3 Å². The Morgan fingerprint density at radius 2 is 1.81 bits per heavy atom. The molecule has 4 heterocycles. The van der Waals surface area contributed by atoms with Crippen LogP contribution in [0.2, 0.25) is 0 Å². The van der Waals surface area contributed by atoms with Gasteiger partial charge in [-0.05, 0) is 73.5 Å². The average molecular weight is 624 g/mol. The fourth-order valence-corrected chi connectivity index (χ4v) is 5.20. The Bertz CT molecular complexity index is 2070. The number of anilines is 3. The summed E-state index contributed by atoms with van der Waals surface area (Å²) in [6.45, 7) is 3.82. The summed E-state index contributed by atoms with van der Waals surface area (Å²) in [5.41, 5.74) is 13.1. The average Bonchev–Trinajstić information content (AvgIpc) is 3.47. The summed E-state index contributed by atoms with van der Waals surface area (Å²) in [6, 6.07) is 25.5. The molecule has 0 aliphatic rings. The maximum Gasteiger partial charge on any atom is 0.221 e. The van der Waals surface area contributed by atoms with E-state index in [2.05, 4.69) is 55.2 Å². The molecule has 234 valence electrons. The molecule has 0 bridgehead atoms. The zero-order chi connectivity index (χ0) is 32.6. The second kappa shape index (κ2) is 14.3. The fraction of sp³-hybridized carbons (Fsp3) is 0.171. The molecule has 0 spiro atoms. The highest BCUT2D eigenvalue weighted by molar-refractivity contribution is 5.90. The molecule has 6 aromatic rings. The third-order valence-corrected chi connectivity index (χ3v) is 7.42. The molecule has 0 saturated heterocycles. The van der Waals surface area contributed by atoms with E-state index < -0.39 is 0 Å². The van der Waals surface area contributed by atoms with Crippen molar-refractivity contribution in [3.8, 4) is 34.4 Å². The number of hydrogen-bond acceptors (Lipinski definition) is 10. The van der Waals surface area contributed by atoms with Gasteiger partial charge in [-0.15, -0.1) is 0 Å². The number of hydrogen-bond donors (Lipinski definition) is 4. The standard InChI is InChI=1S/C35H33N11O/c1-23(47)42-26-7-4-6-25(18-26)30-13-14-31-35(44-30)46(34(45-31)29-8-5-17-41-33(29)37)28-11-9-24(10-12-28)20-38-15-2-3-16-40-32-22-39-21-27(19-36)43-32/h4-14,17-18,21-22,38H,2-3,15-16,20H2,1H3,(H2,37,41)(H,40,43)(H,42,47). The van der Waals surface area contributed by atoms with Gasteiger partial charge < -0.3 is 21.7 Å². The summed E-state index contributed by atoms with van der Waals surface area (Å²) in [5, 5.41) is 18.5. The van der Waals surface area contributed by atoms with E-state index >= 15 is 0 Å². The Kier molecular flexibility index (Phi) is 9.36. The van der Waals surface area contributed by atoms with Crippen molar-refractivity contribution in [2.45, 2.75) is 26.3 Å². The quantitative estimate of drug-likeness (QED) is 0.130. The Morgan fingerprint density at radius 1 is 0.957 bits per heavy atom. The Labute approximate surface area is 271 Å². The van der Waals surface area contributed by atoms with Gasteiger partial charge in [-0.2, -0.15) is 5.26 Å². The maximum absolute atomic E-state index is 11.6. The van der Waals surface area contributed by atoms with E-state index in [0.717, 1.165) is 60.5 Å². The second-order valence-electron chi connectivity index (χ2n) is 10.9. The van der Waals surface area contributed by atoms with Crippen LogP contribution in [-0.4, -0.2) is 48.5 Å². The minimum atomic E-state index is -0.135. The lowest BCUT2D eigenvalue weighted by Gasteiger charge is -2.12. The summed E-state index contributed by atoms with van der Waals surface area (Å²) >= 11 is 0. The molecule has 0 unspecified atom stereocenters. The van der Waals surface area contributed by atoms with E-state index in [1.807, 2.05) is 59.2 Å². The predicted molar refractivity (Wildman–Crippen MR) is 182 cm³/mol. The minimum absolute atomic E-state index is 0.135. The van der Waals surface area contributed by atoms with Gasteiger partial charge >= 0.3 is 0 Å². The molecule has 1 amide bonds. The van der Waals surface area contributed by atoms with Gasteiger partial charge in [0.1, 0.15) is 23.2 Å². The van der Waals surface area contributed by atoms with Gasteiger partial charge in [0.05, 0.1) is 23.7 Å². The van der Waals surface area contributed by atoms with Crippen LogP contribution in [-0.2, 0) is 11.3 Å². The lowest BCUT2D eigenvalue weighted by molar-refractivity contribution is -0.114. The number of aromatic nitrogens is 6. The molecule has 0 fully saturated rings. The first-order valence-electron chi connectivity index (χ1n) is 15.2. The van der Waals surface area contributed by atoms with Crippen molar-refractivity contribution in [3.63, 3.8) is 0 Å². The lowest BCUT2D eigenvalue weighted by atomic mass is 10.1. The molecule has 2 aromatic carbocycles. The van der Waals surface area contributed by atoms with Crippen LogP contribution in [0.25, 0.3) is 39.5 Å². The first kappa shape index (κ1) is 30.8. The number of nitrogens with zero attached hydrogens (tertiary/aromatic N) is 7. The number of nitrogens with two attached hydrogens (primary N) is 1. The second-order valence-corrected chi connectivity index (χ2v) is 10.9. The highest BCUT2D eigenvalue weighted by atomic mass is 16.1.